The van der Waals surface area contributed by atoms with Gasteiger partial charge >= 0.3 is 0 Å². The molecule has 0 bridgehead atoms. The van der Waals surface area contributed by atoms with Crippen LogP contribution < -0.4 is 4.74 Å². The second kappa shape index (κ2) is 3.94. The molecule has 0 aliphatic rings. The lowest BCUT2D eigenvalue weighted by Gasteiger charge is -2.04. The molecule has 1 aromatic carbocycles. The molecule has 0 radical (unpaired) electrons. The number of non-ortho nitro benzene ring substituents is 1. The number of methoxy groups -OCH3 is 1. The van der Waals surface area contributed by atoms with Gasteiger partial charge in [0.1, 0.15) is 11.3 Å². The third kappa shape index (κ3) is 1.65. The van der Waals surface area contributed by atoms with Gasteiger partial charge in [-0.3, -0.25) is 10.1 Å². The molecule has 82 valence electrons. The number of aromatic nitrogens is 1. The number of pyridine rings is 1. The van der Waals surface area contributed by atoms with E-state index >= 15 is 0 Å². The minimum Gasteiger partial charge on any atom is -0.496 e. The van der Waals surface area contributed by atoms with Crippen molar-refractivity contribution in [3.8, 4) is 5.75 Å². The largest absolute Gasteiger partial charge is 0.496 e. The van der Waals surface area contributed by atoms with Crippen molar-refractivity contribution in [2.45, 2.75) is 0 Å². The van der Waals surface area contributed by atoms with E-state index in [-0.39, 0.29) is 11.2 Å². The number of fused-ring (bicyclic) bond motifs is 1. The number of hydrogen-bond acceptors (Lipinski definition) is 4. The third-order valence-electron chi connectivity index (χ3n) is 2.18. The van der Waals surface area contributed by atoms with E-state index in [4.69, 9.17) is 16.3 Å². The minimum atomic E-state index is -0.506. The summed E-state index contributed by atoms with van der Waals surface area (Å²) in [5.74, 6) is 0.383. The van der Waals surface area contributed by atoms with E-state index in [1.807, 2.05) is 0 Å². The number of halogens is 1. The predicted molar refractivity (Wildman–Crippen MR) is 60.0 cm³/mol. The lowest BCUT2D eigenvalue weighted by atomic mass is 10.2. The van der Waals surface area contributed by atoms with Crippen molar-refractivity contribution < 1.29 is 9.66 Å². The number of rotatable bonds is 2. The Bertz CT molecular complexity index is 571. The average molecular weight is 239 g/mol. The summed E-state index contributed by atoms with van der Waals surface area (Å²) in [7, 11) is 1.44. The van der Waals surface area contributed by atoms with Gasteiger partial charge < -0.3 is 4.74 Å². The summed E-state index contributed by atoms with van der Waals surface area (Å²) in [5.41, 5.74) is 0.148. The normalized spacial score (nSPS) is 10.4. The molecule has 0 aliphatic heterocycles. The SMILES string of the molecule is COc1cc([N+](=O)[O-])c2nccc(Cl)c2c1. The molecule has 0 fully saturated rings. The van der Waals surface area contributed by atoms with E-state index in [2.05, 4.69) is 4.98 Å². The molecule has 0 amide bonds. The standard InChI is InChI=1S/C10H7ClN2O3/c1-16-6-4-7-8(11)2-3-12-10(7)9(5-6)13(14)15/h2-5H,1H3. The molecular weight excluding hydrogens is 232 g/mol. The van der Waals surface area contributed by atoms with Crippen molar-refractivity contribution in [2.24, 2.45) is 0 Å². The summed E-state index contributed by atoms with van der Waals surface area (Å²) in [6.07, 6.45) is 1.43. The molecule has 2 aromatic rings. The summed E-state index contributed by atoms with van der Waals surface area (Å²) in [5, 5.41) is 11.8. The Balaban J connectivity index is 2.87. The van der Waals surface area contributed by atoms with Crippen LogP contribution in [0.25, 0.3) is 10.9 Å². The van der Waals surface area contributed by atoms with Gasteiger partial charge in [-0.15, -0.1) is 0 Å². The summed E-state index contributed by atoms with van der Waals surface area (Å²) in [6, 6.07) is 4.52. The smallest absolute Gasteiger partial charge is 0.299 e. The van der Waals surface area contributed by atoms with Crippen LogP contribution in [-0.2, 0) is 0 Å². The van der Waals surface area contributed by atoms with Gasteiger partial charge in [0, 0.05) is 11.6 Å². The highest BCUT2D eigenvalue weighted by Gasteiger charge is 2.16. The highest BCUT2D eigenvalue weighted by atomic mass is 35.5. The van der Waals surface area contributed by atoms with Gasteiger partial charge in [-0.05, 0) is 12.1 Å². The Kier molecular flexibility index (Phi) is 2.62. The summed E-state index contributed by atoms with van der Waals surface area (Å²) >= 11 is 5.94. The van der Waals surface area contributed by atoms with Gasteiger partial charge in [0.25, 0.3) is 5.69 Å². The zero-order chi connectivity index (χ0) is 11.7. The fourth-order valence-corrected chi connectivity index (χ4v) is 1.64. The van der Waals surface area contributed by atoms with E-state index < -0.39 is 4.92 Å². The predicted octanol–water partition coefficient (Wildman–Crippen LogP) is 2.81. The van der Waals surface area contributed by atoms with Gasteiger partial charge in [0.2, 0.25) is 0 Å². The monoisotopic (exact) mass is 238 g/mol. The zero-order valence-electron chi connectivity index (χ0n) is 8.31. The number of benzene rings is 1. The first-order valence-corrected chi connectivity index (χ1v) is 4.78. The molecular formula is C10H7ClN2O3. The molecule has 2 rings (SSSR count). The lowest BCUT2D eigenvalue weighted by molar-refractivity contribution is -0.383. The van der Waals surface area contributed by atoms with Crippen molar-refractivity contribution in [3.63, 3.8) is 0 Å². The van der Waals surface area contributed by atoms with Crippen LogP contribution in [0.3, 0.4) is 0 Å². The molecule has 0 saturated heterocycles. The van der Waals surface area contributed by atoms with E-state index in [1.165, 1.54) is 19.4 Å². The Morgan fingerprint density at radius 2 is 2.25 bits per heavy atom. The van der Waals surface area contributed by atoms with Crippen LogP contribution in [0.15, 0.2) is 24.4 Å². The summed E-state index contributed by atoms with van der Waals surface area (Å²) in [6.45, 7) is 0. The number of nitro benzene ring substituents is 1. The topological polar surface area (TPSA) is 65.3 Å². The number of hydrogen-bond donors (Lipinski definition) is 0. The second-order valence-electron chi connectivity index (χ2n) is 3.09. The molecule has 1 aromatic heterocycles. The quantitative estimate of drug-likeness (QED) is 0.596. The molecule has 0 saturated carbocycles. The van der Waals surface area contributed by atoms with Crippen LogP contribution in [0.1, 0.15) is 0 Å². The maximum atomic E-state index is 10.9. The van der Waals surface area contributed by atoms with Gasteiger partial charge in [0.15, 0.2) is 0 Å². The van der Waals surface area contributed by atoms with E-state index in [9.17, 15) is 10.1 Å². The summed E-state index contributed by atoms with van der Waals surface area (Å²) < 4.78 is 4.98. The Morgan fingerprint density at radius 1 is 1.50 bits per heavy atom. The van der Waals surface area contributed by atoms with Crippen molar-refractivity contribution in [1.29, 1.82) is 0 Å². The maximum absolute atomic E-state index is 10.9. The fourth-order valence-electron chi connectivity index (χ4n) is 1.44. The molecule has 16 heavy (non-hydrogen) atoms. The second-order valence-corrected chi connectivity index (χ2v) is 3.50. The average Bonchev–Trinajstić information content (AvgIpc) is 2.28. The highest BCUT2D eigenvalue weighted by Crippen LogP contribution is 2.32. The molecule has 6 heteroatoms. The summed E-state index contributed by atoms with van der Waals surface area (Å²) in [4.78, 5) is 14.3. The van der Waals surface area contributed by atoms with Gasteiger partial charge in [-0.2, -0.15) is 0 Å². The molecule has 0 N–H and O–H groups in total. The molecule has 5 nitrogen and oxygen atoms in total. The van der Waals surface area contributed by atoms with Crippen LogP contribution in [0, 0.1) is 10.1 Å². The third-order valence-corrected chi connectivity index (χ3v) is 2.51. The first-order chi connectivity index (χ1) is 7.63. The van der Waals surface area contributed by atoms with Crippen LogP contribution in [-0.4, -0.2) is 17.0 Å². The first kappa shape index (κ1) is 10.6. The van der Waals surface area contributed by atoms with Gasteiger partial charge in [-0.25, -0.2) is 4.98 Å². The van der Waals surface area contributed by atoms with Crippen molar-refractivity contribution in [1.82, 2.24) is 4.98 Å². The van der Waals surface area contributed by atoms with Crippen molar-refractivity contribution in [3.05, 3.63) is 39.5 Å². The molecule has 0 aliphatic carbocycles. The Labute approximate surface area is 95.8 Å². The molecule has 0 spiro atoms. The molecule has 0 atom stereocenters. The minimum absolute atomic E-state index is 0.114. The number of nitrogens with zero attached hydrogens (tertiary/aromatic N) is 2. The van der Waals surface area contributed by atoms with Crippen molar-refractivity contribution in [2.75, 3.05) is 7.11 Å². The Hall–Kier alpha value is -1.88. The van der Waals surface area contributed by atoms with Gasteiger partial charge in [-0.1, -0.05) is 11.6 Å². The van der Waals surface area contributed by atoms with Crippen molar-refractivity contribution >= 4 is 28.2 Å². The van der Waals surface area contributed by atoms with Crippen LogP contribution in [0.5, 0.6) is 5.75 Å². The fraction of sp³-hybridized carbons (Fsp3) is 0.100. The van der Waals surface area contributed by atoms with Crippen LogP contribution >= 0.6 is 11.6 Å². The molecule has 0 unspecified atom stereocenters. The highest BCUT2D eigenvalue weighted by molar-refractivity contribution is 6.35. The zero-order valence-corrected chi connectivity index (χ0v) is 9.06. The number of nitro groups is 1. The first-order valence-electron chi connectivity index (χ1n) is 4.40. The van der Waals surface area contributed by atoms with E-state index in [0.29, 0.717) is 16.2 Å². The Morgan fingerprint density at radius 3 is 2.88 bits per heavy atom. The van der Waals surface area contributed by atoms with Crippen LogP contribution in [0.2, 0.25) is 5.02 Å². The van der Waals surface area contributed by atoms with E-state index in [1.54, 1.807) is 12.1 Å². The molecule has 1 heterocycles. The number of ether oxygens (including phenoxy) is 1. The van der Waals surface area contributed by atoms with Gasteiger partial charge in [0.05, 0.1) is 23.1 Å². The maximum Gasteiger partial charge on any atom is 0.299 e. The van der Waals surface area contributed by atoms with Crippen LogP contribution in [0.4, 0.5) is 5.69 Å². The lowest BCUT2D eigenvalue weighted by Crippen LogP contribution is -1.93. The van der Waals surface area contributed by atoms with E-state index in [0.717, 1.165) is 0 Å².